The summed E-state index contributed by atoms with van der Waals surface area (Å²) in [5, 5.41) is 9.20. The molecule has 2 aliphatic rings. The van der Waals surface area contributed by atoms with Gasteiger partial charge in [0.1, 0.15) is 5.82 Å². The maximum Gasteiger partial charge on any atom is 0.335 e. The van der Waals surface area contributed by atoms with Gasteiger partial charge >= 0.3 is 5.97 Å². The van der Waals surface area contributed by atoms with Gasteiger partial charge in [0, 0.05) is 13.1 Å². The first-order chi connectivity index (χ1) is 12.5. The maximum atomic E-state index is 13.7. The molecule has 0 radical (unpaired) electrons. The molecule has 1 N–H and O–H groups in total. The maximum absolute atomic E-state index is 13.7. The van der Waals surface area contributed by atoms with Crippen LogP contribution in [0.4, 0.5) is 4.39 Å². The van der Waals surface area contributed by atoms with Crippen molar-refractivity contribution >= 4 is 11.9 Å². The second-order valence-corrected chi connectivity index (χ2v) is 7.21. The van der Waals surface area contributed by atoms with Crippen LogP contribution in [0.1, 0.15) is 46.3 Å². The Kier molecular flexibility index (Phi) is 4.02. The van der Waals surface area contributed by atoms with E-state index in [1.165, 1.54) is 12.1 Å². The van der Waals surface area contributed by atoms with Crippen molar-refractivity contribution < 1.29 is 19.1 Å². The fourth-order valence-electron chi connectivity index (χ4n) is 4.11. The van der Waals surface area contributed by atoms with Gasteiger partial charge in [-0.1, -0.05) is 24.6 Å². The summed E-state index contributed by atoms with van der Waals surface area (Å²) < 4.78 is 13.7. The highest BCUT2D eigenvalue weighted by molar-refractivity contribution is 5.90. The molecule has 1 aliphatic carbocycles. The second kappa shape index (κ2) is 6.24. The number of hydrogen-bond donors (Lipinski definition) is 1. The number of aromatic carboxylic acids is 1. The van der Waals surface area contributed by atoms with Crippen LogP contribution in [0.3, 0.4) is 0 Å². The largest absolute Gasteiger partial charge is 0.478 e. The van der Waals surface area contributed by atoms with E-state index in [0.717, 1.165) is 36.0 Å². The number of carboxylic acids is 1. The lowest BCUT2D eigenvalue weighted by Crippen LogP contribution is -2.52. The Morgan fingerprint density at radius 1 is 1.08 bits per heavy atom. The predicted molar refractivity (Wildman–Crippen MR) is 94.5 cm³/mol. The van der Waals surface area contributed by atoms with E-state index in [4.69, 9.17) is 0 Å². The van der Waals surface area contributed by atoms with Crippen LogP contribution in [0, 0.1) is 5.82 Å². The number of halogens is 1. The van der Waals surface area contributed by atoms with Gasteiger partial charge in [-0.25, -0.2) is 9.18 Å². The van der Waals surface area contributed by atoms with E-state index in [9.17, 15) is 19.1 Å². The van der Waals surface area contributed by atoms with Crippen molar-refractivity contribution in [2.75, 3.05) is 6.54 Å². The zero-order valence-electron chi connectivity index (χ0n) is 14.4. The molecule has 1 aliphatic heterocycles. The van der Waals surface area contributed by atoms with Gasteiger partial charge in [0.25, 0.3) is 0 Å². The molecule has 0 spiro atoms. The van der Waals surface area contributed by atoms with Crippen molar-refractivity contribution in [3.8, 4) is 0 Å². The van der Waals surface area contributed by atoms with E-state index >= 15 is 0 Å². The summed E-state index contributed by atoms with van der Waals surface area (Å²) in [5.41, 5.74) is 2.33. The van der Waals surface area contributed by atoms with E-state index < -0.39 is 11.4 Å². The third-order valence-electron chi connectivity index (χ3n) is 5.75. The molecule has 2 aromatic carbocycles. The SMILES string of the molecule is O=C(O)c1ccc2c(c1)CN(C(=O)C1(c3cccc(F)c3)CCC1)CC2. The average molecular weight is 353 g/mol. The fourth-order valence-corrected chi connectivity index (χ4v) is 4.11. The molecule has 1 amide bonds. The first-order valence-corrected chi connectivity index (χ1v) is 8.90. The fraction of sp³-hybridized carbons (Fsp3) is 0.333. The summed E-state index contributed by atoms with van der Waals surface area (Å²) in [7, 11) is 0. The normalized spacial score (nSPS) is 18.0. The Morgan fingerprint density at radius 2 is 1.88 bits per heavy atom. The van der Waals surface area contributed by atoms with Gasteiger partial charge in [0.15, 0.2) is 0 Å². The molecule has 2 aromatic rings. The molecule has 4 nitrogen and oxygen atoms in total. The van der Waals surface area contributed by atoms with Crippen LogP contribution in [0.15, 0.2) is 42.5 Å². The van der Waals surface area contributed by atoms with E-state index in [-0.39, 0.29) is 17.3 Å². The Hall–Kier alpha value is -2.69. The minimum Gasteiger partial charge on any atom is -0.478 e. The number of nitrogens with zero attached hydrogens (tertiary/aromatic N) is 1. The summed E-state index contributed by atoms with van der Waals surface area (Å²) in [6.07, 6.45) is 3.12. The van der Waals surface area contributed by atoms with Gasteiger partial charge in [0.05, 0.1) is 11.0 Å². The van der Waals surface area contributed by atoms with Gasteiger partial charge < -0.3 is 10.0 Å². The Bertz CT molecular complexity index is 889. The highest BCUT2D eigenvalue weighted by Gasteiger charge is 2.48. The van der Waals surface area contributed by atoms with Crippen LogP contribution in [0.2, 0.25) is 0 Å². The van der Waals surface area contributed by atoms with Crippen molar-refractivity contribution in [3.63, 3.8) is 0 Å². The quantitative estimate of drug-likeness (QED) is 0.918. The van der Waals surface area contributed by atoms with Gasteiger partial charge in [-0.15, -0.1) is 0 Å². The number of carbonyl (C=O) groups is 2. The van der Waals surface area contributed by atoms with E-state index in [1.54, 1.807) is 23.1 Å². The minimum atomic E-state index is -0.966. The van der Waals surface area contributed by atoms with Gasteiger partial charge in [0.2, 0.25) is 5.91 Å². The molecule has 0 unspecified atom stereocenters. The van der Waals surface area contributed by atoms with Crippen LogP contribution in [-0.2, 0) is 23.2 Å². The molecule has 0 atom stereocenters. The van der Waals surface area contributed by atoms with Crippen LogP contribution in [0.5, 0.6) is 0 Å². The van der Waals surface area contributed by atoms with Crippen LogP contribution >= 0.6 is 0 Å². The van der Waals surface area contributed by atoms with Crippen molar-refractivity contribution in [3.05, 3.63) is 70.5 Å². The first-order valence-electron chi connectivity index (χ1n) is 8.90. The molecule has 1 saturated carbocycles. The number of carbonyl (C=O) groups excluding carboxylic acids is 1. The van der Waals surface area contributed by atoms with Crippen molar-refractivity contribution in [1.82, 2.24) is 4.90 Å². The third-order valence-corrected chi connectivity index (χ3v) is 5.75. The topological polar surface area (TPSA) is 57.6 Å². The van der Waals surface area contributed by atoms with Crippen molar-refractivity contribution in [2.24, 2.45) is 0 Å². The summed E-state index contributed by atoms with van der Waals surface area (Å²) in [6.45, 7) is 1.02. The molecule has 134 valence electrons. The molecule has 0 bridgehead atoms. The van der Waals surface area contributed by atoms with Crippen LogP contribution in [0.25, 0.3) is 0 Å². The zero-order chi connectivity index (χ0) is 18.3. The number of hydrogen-bond acceptors (Lipinski definition) is 2. The molecule has 0 saturated heterocycles. The molecular weight excluding hydrogens is 333 g/mol. The van der Waals surface area contributed by atoms with Crippen LogP contribution in [-0.4, -0.2) is 28.4 Å². The number of rotatable bonds is 3. The highest BCUT2D eigenvalue weighted by atomic mass is 19.1. The number of amides is 1. The molecule has 0 aromatic heterocycles. The van der Waals surface area contributed by atoms with Crippen LogP contribution < -0.4 is 0 Å². The lowest BCUT2D eigenvalue weighted by molar-refractivity contribution is -0.142. The highest BCUT2D eigenvalue weighted by Crippen LogP contribution is 2.46. The van der Waals surface area contributed by atoms with Gasteiger partial charge in [-0.3, -0.25) is 4.79 Å². The number of benzene rings is 2. The lowest BCUT2D eigenvalue weighted by atomic mass is 9.63. The molecule has 26 heavy (non-hydrogen) atoms. The number of carboxylic acid groups (broad SMARTS) is 1. The molecular formula is C21H20FNO3. The Morgan fingerprint density at radius 3 is 2.54 bits per heavy atom. The van der Waals surface area contributed by atoms with Gasteiger partial charge in [-0.2, -0.15) is 0 Å². The van der Waals surface area contributed by atoms with E-state index in [2.05, 4.69) is 0 Å². The zero-order valence-corrected chi connectivity index (χ0v) is 14.4. The summed E-state index contributed by atoms with van der Waals surface area (Å²) in [4.78, 5) is 26.4. The van der Waals surface area contributed by atoms with E-state index in [1.807, 2.05) is 12.1 Å². The average Bonchev–Trinajstić information content (AvgIpc) is 2.59. The second-order valence-electron chi connectivity index (χ2n) is 7.21. The molecule has 5 heteroatoms. The first kappa shape index (κ1) is 16.8. The summed E-state index contributed by atoms with van der Waals surface area (Å²) in [5.74, 6) is -1.26. The smallest absolute Gasteiger partial charge is 0.335 e. The molecule has 4 rings (SSSR count). The lowest BCUT2D eigenvalue weighted by Gasteiger charge is -2.45. The number of fused-ring (bicyclic) bond motifs is 1. The standard InChI is InChI=1S/C21H20FNO3/c22-18-4-1-3-17(12-18)21(8-2-9-21)20(26)23-10-7-14-5-6-15(19(24)25)11-16(14)13-23/h1,3-6,11-12H,2,7-10,13H2,(H,24,25). The monoisotopic (exact) mass is 353 g/mol. The third kappa shape index (κ3) is 2.68. The molecule has 1 heterocycles. The summed E-state index contributed by atoms with van der Waals surface area (Å²) in [6, 6.07) is 11.5. The van der Waals surface area contributed by atoms with Gasteiger partial charge in [-0.05, 0) is 60.2 Å². The Labute approximate surface area is 151 Å². The minimum absolute atomic E-state index is 0.0285. The molecule has 1 fully saturated rings. The van der Waals surface area contributed by atoms with Crippen molar-refractivity contribution in [1.29, 1.82) is 0 Å². The van der Waals surface area contributed by atoms with E-state index in [0.29, 0.717) is 19.5 Å². The Balaban J connectivity index is 1.62. The van der Waals surface area contributed by atoms with Crippen molar-refractivity contribution in [2.45, 2.75) is 37.6 Å². The summed E-state index contributed by atoms with van der Waals surface area (Å²) >= 11 is 0. The predicted octanol–water partition coefficient (Wildman–Crippen LogP) is 3.53.